The van der Waals surface area contributed by atoms with E-state index in [1.165, 1.54) is 0 Å². The van der Waals surface area contributed by atoms with E-state index >= 15 is 0 Å². The molecule has 3 aromatic carbocycles. The van der Waals surface area contributed by atoms with Crippen molar-refractivity contribution in [2.75, 3.05) is 36.8 Å². The number of hydrogen-bond acceptors (Lipinski definition) is 6. The number of carbonyl (C=O) groups excluding carboxylic acids is 2. The number of thioether (sulfide) groups is 1. The molecule has 2 heterocycles. The van der Waals surface area contributed by atoms with Gasteiger partial charge >= 0.3 is 6.09 Å². The van der Waals surface area contributed by atoms with Gasteiger partial charge in [0.25, 0.3) is 0 Å². The molecule has 1 aromatic heterocycles. The van der Waals surface area contributed by atoms with Crippen LogP contribution in [0.3, 0.4) is 0 Å². The van der Waals surface area contributed by atoms with E-state index in [1.807, 2.05) is 84.9 Å². The van der Waals surface area contributed by atoms with E-state index in [9.17, 15) is 9.59 Å². The second kappa shape index (κ2) is 11.3. The number of hydrogen-bond donors (Lipinski definition) is 0. The van der Waals surface area contributed by atoms with Crippen molar-refractivity contribution in [3.05, 3.63) is 102 Å². The quantitative estimate of drug-likeness (QED) is 0.242. The molecule has 0 spiro atoms. The van der Waals surface area contributed by atoms with Crippen molar-refractivity contribution >= 4 is 40.2 Å². The Labute approximate surface area is 214 Å². The summed E-state index contributed by atoms with van der Waals surface area (Å²) in [7, 11) is 0. The van der Waals surface area contributed by atoms with Gasteiger partial charge in [-0.05, 0) is 42.0 Å². The predicted octanol–water partition coefficient (Wildman–Crippen LogP) is 5.67. The summed E-state index contributed by atoms with van der Waals surface area (Å²) in [4.78, 5) is 34.7. The Morgan fingerprint density at radius 3 is 2.33 bits per heavy atom. The number of ether oxygens (including phenoxy) is 1. The lowest BCUT2D eigenvalue weighted by Crippen LogP contribution is -2.48. The van der Waals surface area contributed by atoms with Gasteiger partial charge in [-0.25, -0.2) is 4.79 Å². The van der Waals surface area contributed by atoms with Gasteiger partial charge in [-0.3, -0.25) is 9.78 Å². The van der Waals surface area contributed by atoms with E-state index in [0.717, 1.165) is 40.1 Å². The first-order valence-corrected chi connectivity index (χ1v) is 13.0. The number of piperazine rings is 1. The van der Waals surface area contributed by atoms with E-state index in [4.69, 9.17) is 4.74 Å². The molecular formula is C29H27N3O3S. The molecule has 1 saturated heterocycles. The second-order valence-electron chi connectivity index (χ2n) is 8.60. The van der Waals surface area contributed by atoms with Crippen molar-refractivity contribution in [3.8, 4) is 0 Å². The first kappa shape index (κ1) is 23.9. The van der Waals surface area contributed by atoms with Crippen molar-refractivity contribution in [3.63, 3.8) is 0 Å². The maximum absolute atomic E-state index is 12.8. The molecule has 182 valence electrons. The van der Waals surface area contributed by atoms with E-state index in [-0.39, 0.29) is 18.5 Å². The van der Waals surface area contributed by atoms with Crippen LogP contribution in [0.1, 0.15) is 15.9 Å². The molecule has 1 fully saturated rings. The molecule has 1 aliphatic heterocycles. The molecule has 7 heteroatoms. The maximum atomic E-state index is 12.8. The molecule has 1 amide bonds. The fraction of sp³-hybridized carbons (Fsp3) is 0.207. The van der Waals surface area contributed by atoms with E-state index in [2.05, 4.69) is 9.88 Å². The van der Waals surface area contributed by atoms with Gasteiger partial charge in [-0.2, -0.15) is 0 Å². The molecule has 6 nitrogen and oxygen atoms in total. The number of ketones is 1. The number of pyridine rings is 1. The summed E-state index contributed by atoms with van der Waals surface area (Å²) in [5.74, 6) is 0.468. The number of benzene rings is 3. The summed E-state index contributed by atoms with van der Waals surface area (Å²) in [6.45, 7) is 2.93. The highest BCUT2D eigenvalue weighted by Gasteiger charge is 2.22. The van der Waals surface area contributed by atoms with Gasteiger partial charge in [0.1, 0.15) is 6.61 Å². The number of rotatable bonds is 7. The van der Waals surface area contributed by atoms with Crippen molar-refractivity contribution < 1.29 is 14.3 Å². The molecule has 0 atom stereocenters. The van der Waals surface area contributed by atoms with Gasteiger partial charge in [-0.1, -0.05) is 48.5 Å². The Hall–Kier alpha value is -3.84. The molecule has 36 heavy (non-hydrogen) atoms. The molecule has 0 radical (unpaired) electrons. The van der Waals surface area contributed by atoms with Gasteiger partial charge in [0.2, 0.25) is 0 Å². The molecule has 0 aliphatic carbocycles. The van der Waals surface area contributed by atoms with Crippen LogP contribution in [-0.4, -0.2) is 53.7 Å². The fourth-order valence-corrected chi connectivity index (χ4v) is 5.18. The predicted molar refractivity (Wildman–Crippen MR) is 144 cm³/mol. The largest absolute Gasteiger partial charge is 0.445 e. The summed E-state index contributed by atoms with van der Waals surface area (Å²) in [5.41, 5.74) is 3.67. The molecule has 0 bridgehead atoms. The second-order valence-corrected chi connectivity index (χ2v) is 9.62. The lowest BCUT2D eigenvalue weighted by Gasteiger charge is -2.35. The standard InChI is InChI=1S/C29H27N3O3S/c33-27(21-36-28-14-15-30-26-9-5-4-8-25(26)28)23-10-12-24(13-11-23)31-16-18-32(19-17-31)29(34)35-20-22-6-2-1-3-7-22/h1-15H,16-21H2. The summed E-state index contributed by atoms with van der Waals surface area (Å²) >= 11 is 1.54. The van der Waals surface area contributed by atoms with Crippen LogP contribution in [0.4, 0.5) is 10.5 Å². The zero-order chi connectivity index (χ0) is 24.7. The Morgan fingerprint density at radius 2 is 1.56 bits per heavy atom. The zero-order valence-corrected chi connectivity index (χ0v) is 20.7. The highest BCUT2D eigenvalue weighted by atomic mass is 32.2. The average molecular weight is 498 g/mol. The maximum Gasteiger partial charge on any atom is 0.410 e. The summed E-state index contributed by atoms with van der Waals surface area (Å²) in [6, 6.07) is 27.4. The van der Waals surface area contributed by atoms with Gasteiger partial charge in [0.15, 0.2) is 5.78 Å². The summed E-state index contributed by atoms with van der Waals surface area (Å²) in [5, 5.41) is 1.07. The Morgan fingerprint density at radius 1 is 0.833 bits per heavy atom. The number of amides is 1. The number of aromatic nitrogens is 1. The number of Topliss-reactive ketones (excluding diaryl/α,β-unsaturated/α-hetero) is 1. The first-order valence-electron chi connectivity index (χ1n) is 12.0. The number of nitrogens with zero attached hydrogens (tertiary/aromatic N) is 3. The molecular weight excluding hydrogens is 470 g/mol. The number of para-hydroxylation sites is 1. The monoisotopic (exact) mass is 497 g/mol. The number of fused-ring (bicyclic) bond motifs is 1. The molecule has 0 saturated carbocycles. The Balaban J connectivity index is 1.11. The van der Waals surface area contributed by atoms with Crippen LogP contribution in [0, 0.1) is 0 Å². The van der Waals surface area contributed by atoms with Crippen LogP contribution in [0.2, 0.25) is 0 Å². The van der Waals surface area contributed by atoms with Crippen LogP contribution >= 0.6 is 11.8 Å². The highest BCUT2D eigenvalue weighted by molar-refractivity contribution is 8.00. The minimum absolute atomic E-state index is 0.0958. The average Bonchev–Trinajstić information content (AvgIpc) is 2.95. The van der Waals surface area contributed by atoms with Crippen LogP contribution in [0.25, 0.3) is 10.9 Å². The molecule has 0 N–H and O–H groups in total. The smallest absolute Gasteiger partial charge is 0.410 e. The lowest BCUT2D eigenvalue weighted by molar-refractivity contribution is 0.0941. The molecule has 5 rings (SSSR count). The van der Waals surface area contributed by atoms with Crippen LogP contribution in [-0.2, 0) is 11.3 Å². The van der Waals surface area contributed by atoms with Crippen LogP contribution in [0.15, 0.2) is 96.0 Å². The van der Waals surface area contributed by atoms with Gasteiger partial charge in [0.05, 0.1) is 11.3 Å². The van der Waals surface area contributed by atoms with E-state index in [1.54, 1.807) is 22.9 Å². The number of anilines is 1. The highest BCUT2D eigenvalue weighted by Crippen LogP contribution is 2.27. The van der Waals surface area contributed by atoms with Crippen molar-refractivity contribution in [2.45, 2.75) is 11.5 Å². The molecule has 0 unspecified atom stereocenters. The SMILES string of the molecule is O=C(CSc1ccnc2ccccc12)c1ccc(N2CCN(C(=O)OCc3ccccc3)CC2)cc1. The van der Waals surface area contributed by atoms with Crippen molar-refractivity contribution in [1.82, 2.24) is 9.88 Å². The lowest BCUT2D eigenvalue weighted by atomic mass is 10.1. The Bertz CT molecular complexity index is 1330. The van der Waals surface area contributed by atoms with Crippen LogP contribution < -0.4 is 4.90 Å². The van der Waals surface area contributed by atoms with E-state index in [0.29, 0.717) is 24.4 Å². The minimum atomic E-state index is -0.279. The normalized spacial score (nSPS) is 13.6. The summed E-state index contributed by atoms with van der Waals surface area (Å²) in [6.07, 6.45) is 1.51. The zero-order valence-electron chi connectivity index (χ0n) is 19.9. The third-order valence-corrected chi connectivity index (χ3v) is 7.34. The van der Waals surface area contributed by atoms with E-state index < -0.39 is 0 Å². The minimum Gasteiger partial charge on any atom is -0.445 e. The van der Waals surface area contributed by atoms with Gasteiger partial charge < -0.3 is 14.5 Å². The Kier molecular flexibility index (Phi) is 7.47. The van der Waals surface area contributed by atoms with Crippen LogP contribution in [0.5, 0.6) is 0 Å². The topological polar surface area (TPSA) is 62.7 Å². The fourth-order valence-electron chi connectivity index (χ4n) is 4.24. The van der Waals surface area contributed by atoms with Crippen molar-refractivity contribution in [2.24, 2.45) is 0 Å². The first-order chi connectivity index (χ1) is 17.7. The third kappa shape index (κ3) is 5.69. The molecule has 4 aromatic rings. The van der Waals surface area contributed by atoms with Gasteiger partial charge in [0, 0.05) is 53.9 Å². The summed E-state index contributed by atoms with van der Waals surface area (Å²) < 4.78 is 5.45. The molecule has 1 aliphatic rings. The third-order valence-electron chi connectivity index (χ3n) is 6.27. The number of carbonyl (C=O) groups is 2. The van der Waals surface area contributed by atoms with Crippen molar-refractivity contribution in [1.29, 1.82) is 0 Å². The van der Waals surface area contributed by atoms with Gasteiger partial charge in [-0.15, -0.1) is 11.8 Å².